The lowest BCUT2D eigenvalue weighted by molar-refractivity contribution is -0.153. The summed E-state index contributed by atoms with van der Waals surface area (Å²) < 4.78 is 53.2. The number of ether oxygens (including phenoxy) is 4. The molecule has 3 heterocycles. The highest BCUT2D eigenvalue weighted by Crippen LogP contribution is 2.35. The standard InChI is InChI=1S/C35H50N4O8S2/c1-7-36-28-19-45-34-33(28)30(20-46-34)47-32(41)15-24(14-23-8-10-25(44-6)11-9-23)29(40)18-39(17-21(2)3)49(42,43)26-12-13-27-31(16-26)48-35(38-27)37-22(4)5/h8-13,16,21-22,24,28-30,33-34,36,40H,7,14-15,17-20H2,1-6H3,(H,37,38)/t24-,28+,29-,30+,33+,34-/m1/s1. The summed E-state index contributed by atoms with van der Waals surface area (Å²) in [5.74, 6) is -0.580. The fraction of sp³-hybridized carbons (Fsp3) is 0.600. The molecule has 0 bridgehead atoms. The molecule has 2 saturated heterocycles. The summed E-state index contributed by atoms with van der Waals surface area (Å²) in [7, 11) is -2.43. The van der Waals surface area contributed by atoms with Gasteiger partial charge in [-0.1, -0.05) is 44.2 Å². The molecule has 2 aliphatic rings. The topological polar surface area (TPSA) is 149 Å². The number of likely N-dealkylation sites (N-methyl/N-ethyl adjacent to an activating group) is 1. The summed E-state index contributed by atoms with van der Waals surface area (Å²) in [5, 5.41) is 19.2. The number of fused-ring (bicyclic) bond motifs is 2. The van der Waals surface area contributed by atoms with Crippen molar-refractivity contribution in [2.24, 2.45) is 17.8 Å². The van der Waals surface area contributed by atoms with E-state index in [-0.39, 0.29) is 54.9 Å². The predicted molar refractivity (Wildman–Crippen MR) is 189 cm³/mol. The molecule has 5 rings (SSSR count). The Morgan fingerprint density at radius 3 is 2.51 bits per heavy atom. The molecule has 0 unspecified atom stereocenters. The number of anilines is 1. The maximum Gasteiger partial charge on any atom is 0.306 e. The van der Waals surface area contributed by atoms with E-state index in [9.17, 15) is 18.3 Å². The lowest BCUT2D eigenvalue weighted by Crippen LogP contribution is -2.44. The molecule has 270 valence electrons. The zero-order valence-corrected chi connectivity index (χ0v) is 30.8. The second-order valence-corrected chi connectivity index (χ2v) is 16.5. The number of methoxy groups -OCH3 is 1. The van der Waals surface area contributed by atoms with Crippen molar-refractivity contribution >= 4 is 42.7 Å². The minimum absolute atomic E-state index is 0.00743. The molecule has 2 aromatic carbocycles. The van der Waals surface area contributed by atoms with Crippen molar-refractivity contribution in [3.05, 3.63) is 48.0 Å². The normalized spacial score (nSPS) is 22.2. The first-order chi connectivity index (χ1) is 23.4. The van der Waals surface area contributed by atoms with Gasteiger partial charge in [0.15, 0.2) is 11.4 Å². The van der Waals surface area contributed by atoms with Crippen molar-refractivity contribution in [3.63, 3.8) is 0 Å². The number of thiazole rings is 1. The molecule has 6 atom stereocenters. The average Bonchev–Trinajstić information content (AvgIpc) is 3.76. The van der Waals surface area contributed by atoms with Crippen LogP contribution in [0.3, 0.4) is 0 Å². The smallest absolute Gasteiger partial charge is 0.306 e. The molecule has 49 heavy (non-hydrogen) atoms. The SMILES string of the molecule is CCN[C@H]1CO[C@@H]2OC[C@H](OC(=O)C[C@@H](Cc3ccc(OC)cc3)[C@H](O)CN(CC(C)C)S(=O)(=O)c3ccc4nc(NC(C)C)sc4c3)[C@@H]21. The molecule has 0 saturated carbocycles. The fourth-order valence-corrected chi connectivity index (χ4v) is 9.25. The number of aliphatic hydroxyl groups excluding tert-OH is 1. The zero-order chi connectivity index (χ0) is 35.3. The molecule has 3 aromatic rings. The van der Waals surface area contributed by atoms with Crippen molar-refractivity contribution in [1.82, 2.24) is 14.6 Å². The Morgan fingerprint density at radius 2 is 1.84 bits per heavy atom. The van der Waals surface area contributed by atoms with Crippen molar-refractivity contribution in [2.45, 2.75) is 82.9 Å². The molecule has 0 spiro atoms. The summed E-state index contributed by atoms with van der Waals surface area (Å²) in [6.07, 6.45) is -1.88. The third-order valence-electron chi connectivity index (χ3n) is 8.82. The molecule has 0 amide bonds. The summed E-state index contributed by atoms with van der Waals surface area (Å²) in [6, 6.07) is 12.5. The number of carbonyl (C=O) groups is 1. The highest BCUT2D eigenvalue weighted by atomic mass is 32.2. The molecular weight excluding hydrogens is 669 g/mol. The van der Waals surface area contributed by atoms with Crippen LogP contribution in [0.2, 0.25) is 0 Å². The second kappa shape index (κ2) is 16.4. The number of nitrogens with one attached hydrogen (secondary N) is 2. The molecule has 2 aliphatic heterocycles. The van der Waals surface area contributed by atoms with E-state index in [0.717, 1.165) is 21.9 Å². The third-order valence-corrected chi connectivity index (χ3v) is 11.6. The van der Waals surface area contributed by atoms with Gasteiger partial charge in [0.1, 0.15) is 11.9 Å². The highest BCUT2D eigenvalue weighted by molar-refractivity contribution is 7.89. The van der Waals surface area contributed by atoms with E-state index >= 15 is 0 Å². The van der Waals surface area contributed by atoms with Crippen molar-refractivity contribution in [2.75, 3.05) is 45.3 Å². The molecule has 12 nitrogen and oxygen atoms in total. The van der Waals surface area contributed by atoms with Gasteiger partial charge in [-0.25, -0.2) is 13.4 Å². The van der Waals surface area contributed by atoms with Crippen LogP contribution in [-0.2, 0) is 35.4 Å². The van der Waals surface area contributed by atoms with E-state index < -0.39 is 40.4 Å². The fourth-order valence-electron chi connectivity index (χ4n) is 6.47. The van der Waals surface area contributed by atoms with Crippen LogP contribution in [0.1, 0.15) is 46.6 Å². The molecule has 14 heteroatoms. The Kier molecular flexibility index (Phi) is 12.6. The summed E-state index contributed by atoms with van der Waals surface area (Å²) in [4.78, 5) is 18.2. The van der Waals surface area contributed by atoms with Crippen LogP contribution in [0.25, 0.3) is 10.2 Å². The van der Waals surface area contributed by atoms with Crippen molar-refractivity contribution in [3.8, 4) is 5.75 Å². The van der Waals surface area contributed by atoms with E-state index in [1.54, 1.807) is 25.3 Å². The maximum atomic E-state index is 14.2. The monoisotopic (exact) mass is 718 g/mol. The van der Waals surface area contributed by atoms with Gasteiger partial charge in [-0.2, -0.15) is 4.31 Å². The Hall–Kier alpha value is -2.85. The molecule has 0 aliphatic carbocycles. The number of esters is 1. The summed E-state index contributed by atoms with van der Waals surface area (Å²) in [6.45, 7) is 11.4. The van der Waals surface area contributed by atoms with E-state index in [2.05, 4.69) is 15.6 Å². The predicted octanol–water partition coefficient (Wildman–Crippen LogP) is 4.27. The largest absolute Gasteiger partial charge is 0.497 e. The highest BCUT2D eigenvalue weighted by Gasteiger charge is 2.49. The zero-order valence-electron chi connectivity index (χ0n) is 29.1. The number of hydrogen-bond donors (Lipinski definition) is 3. The minimum Gasteiger partial charge on any atom is -0.497 e. The van der Waals surface area contributed by atoms with Gasteiger partial charge >= 0.3 is 5.97 Å². The number of nitrogens with zero attached hydrogens (tertiary/aromatic N) is 2. The number of aromatic nitrogens is 1. The van der Waals surface area contributed by atoms with Crippen LogP contribution in [0.15, 0.2) is 47.4 Å². The average molecular weight is 719 g/mol. The Balaban J connectivity index is 1.36. The summed E-state index contributed by atoms with van der Waals surface area (Å²) >= 11 is 1.40. The molecule has 1 aromatic heterocycles. The van der Waals surface area contributed by atoms with Crippen LogP contribution in [-0.4, -0.2) is 99.3 Å². The van der Waals surface area contributed by atoms with Crippen molar-refractivity contribution < 1.29 is 37.3 Å². The Labute approximate surface area is 293 Å². The van der Waals surface area contributed by atoms with E-state index in [1.807, 2.05) is 58.9 Å². The quantitative estimate of drug-likeness (QED) is 0.172. The van der Waals surface area contributed by atoms with Gasteiger partial charge in [0.05, 0.1) is 53.9 Å². The van der Waals surface area contributed by atoms with Crippen molar-refractivity contribution in [1.29, 1.82) is 0 Å². The van der Waals surface area contributed by atoms with E-state index in [0.29, 0.717) is 24.3 Å². The first-order valence-corrected chi connectivity index (χ1v) is 19.3. The number of sulfonamides is 1. The van der Waals surface area contributed by atoms with Gasteiger partial charge in [0.25, 0.3) is 0 Å². The van der Waals surface area contributed by atoms with Gasteiger partial charge in [0.2, 0.25) is 10.0 Å². The van der Waals surface area contributed by atoms with Crippen LogP contribution in [0.5, 0.6) is 5.75 Å². The Bertz CT molecular complexity index is 1650. The Morgan fingerprint density at radius 1 is 1.10 bits per heavy atom. The maximum absolute atomic E-state index is 14.2. The molecule has 3 N–H and O–H groups in total. The van der Waals surface area contributed by atoms with Gasteiger partial charge in [0, 0.05) is 31.1 Å². The first-order valence-electron chi connectivity index (χ1n) is 17.0. The molecule has 2 fully saturated rings. The third kappa shape index (κ3) is 9.29. The number of benzene rings is 2. The van der Waals surface area contributed by atoms with Gasteiger partial charge < -0.3 is 34.7 Å². The number of hydrogen-bond acceptors (Lipinski definition) is 12. The van der Waals surface area contributed by atoms with Crippen LogP contribution in [0.4, 0.5) is 5.13 Å². The van der Waals surface area contributed by atoms with E-state index in [1.165, 1.54) is 15.6 Å². The lowest BCUT2D eigenvalue weighted by Gasteiger charge is -2.30. The number of rotatable bonds is 17. The number of carbonyl (C=O) groups excluding carboxylic acids is 1. The van der Waals surface area contributed by atoms with Crippen LogP contribution >= 0.6 is 11.3 Å². The number of aliphatic hydroxyl groups is 1. The molecule has 0 radical (unpaired) electrons. The minimum atomic E-state index is -4.02. The van der Waals surface area contributed by atoms with Crippen LogP contribution < -0.4 is 15.4 Å². The molecular formula is C35H50N4O8S2. The summed E-state index contributed by atoms with van der Waals surface area (Å²) in [5.41, 5.74) is 1.58. The lowest BCUT2D eigenvalue weighted by atomic mass is 9.90. The van der Waals surface area contributed by atoms with Gasteiger partial charge in [-0.3, -0.25) is 4.79 Å². The van der Waals surface area contributed by atoms with Crippen LogP contribution in [0, 0.1) is 17.8 Å². The van der Waals surface area contributed by atoms with Gasteiger partial charge in [-0.15, -0.1) is 0 Å². The first kappa shape index (κ1) is 37.4. The van der Waals surface area contributed by atoms with Gasteiger partial charge in [-0.05, 0) is 68.6 Å². The second-order valence-electron chi connectivity index (χ2n) is 13.6. The van der Waals surface area contributed by atoms with E-state index in [4.69, 9.17) is 18.9 Å².